The molecule has 3 aromatic carbocycles. The lowest BCUT2D eigenvalue weighted by atomic mass is 10.1. The number of hydrogen-bond acceptors (Lipinski definition) is 2. The first-order valence-electron chi connectivity index (χ1n) is 8.71. The van der Waals surface area contributed by atoms with Crippen LogP contribution in [0.4, 0.5) is 13.2 Å². The summed E-state index contributed by atoms with van der Waals surface area (Å²) < 4.78 is 46.0. The number of methoxy groups -OCH3 is 1. The zero-order valence-electron chi connectivity index (χ0n) is 15.1. The van der Waals surface area contributed by atoms with E-state index in [1.54, 1.807) is 7.11 Å². The van der Waals surface area contributed by atoms with Crippen LogP contribution in [0.3, 0.4) is 0 Å². The fourth-order valence-corrected chi connectivity index (χ4v) is 3.18. The lowest BCUT2D eigenvalue weighted by Gasteiger charge is -2.11. The van der Waals surface area contributed by atoms with E-state index in [0.29, 0.717) is 23.7 Å². The minimum absolute atomic E-state index is 0.543. The lowest BCUT2D eigenvalue weighted by molar-refractivity contribution is -0.137. The van der Waals surface area contributed by atoms with Gasteiger partial charge in [-0.25, -0.2) is 4.98 Å². The zero-order chi connectivity index (χ0) is 19.7. The predicted molar refractivity (Wildman–Crippen MR) is 102 cm³/mol. The van der Waals surface area contributed by atoms with Crippen molar-refractivity contribution in [1.29, 1.82) is 0 Å². The highest BCUT2D eigenvalue weighted by Crippen LogP contribution is 2.32. The number of fused-ring (bicyclic) bond motifs is 1. The molecule has 0 aliphatic heterocycles. The van der Waals surface area contributed by atoms with Crippen molar-refractivity contribution in [3.05, 3.63) is 83.9 Å². The van der Waals surface area contributed by atoms with Crippen molar-refractivity contribution in [2.24, 2.45) is 0 Å². The van der Waals surface area contributed by atoms with Gasteiger partial charge in [0.25, 0.3) is 0 Å². The lowest BCUT2D eigenvalue weighted by Crippen LogP contribution is -2.05. The molecule has 0 fully saturated rings. The molecule has 1 aromatic heterocycles. The first kappa shape index (κ1) is 18.1. The van der Waals surface area contributed by atoms with E-state index in [0.717, 1.165) is 28.7 Å². The summed E-state index contributed by atoms with van der Waals surface area (Å²) in [4.78, 5) is 4.67. The van der Waals surface area contributed by atoms with Crippen molar-refractivity contribution in [1.82, 2.24) is 9.55 Å². The Morgan fingerprint density at radius 3 is 2.29 bits per heavy atom. The fourth-order valence-electron chi connectivity index (χ4n) is 3.18. The van der Waals surface area contributed by atoms with Crippen LogP contribution >= 0.6 is 0 Å². The highest BCUT2D eigenvalue weighted by molar-refractivity contribution is 5.82. The molecule has 142 valence electrons. The standard InChI is InChI=1S/C22H17F3N2O/c1-28-18-11-12-19-20(13-18)27(14-15-5-3-2-4-6-15)21(26-19)16-7-9-17(10-8-16)22(23,24)25/h2-13H,14H2,1H3. The molecule has 1 heterocycles. The highest BCUT2D eigenvalue weighted by Gasteiger charge is 2.30. The molecule has 0 aliphatic rings. The number of ether oxygens (including phenoxy) is 1. The van der Waals surface area contributed by atoms with Crippen LogP contribution in [0.1, 0.15) is 11.1 Å². The largest absolute Gasteiger partial charge is 0.497 e. The highest BCUT2D eigenvalue weighted by atomic mass is 19.4. The minimum atomic E-state index is -4.37. The van der Waals surface area contributed by atoms with Gasteiger partial charge in [-0.3, -0.25) is 0 Å². The Labute approximate surface area is 160 Å². The third-order valence-electron chi connectivity index (χ3n) is 4.61. The fraction of sp³-hybridized carbons (Fsp3) is 0.136. The molecule has 3 nitrogen and oxygen atoms in total. The van der Waals surface area contributed by atoms with Gasteiger partial charge in [0.05, 0.1) is 23.7 Å². The molecular weight excluding hydrogens is 365 g/mol. The number of aromatic nitrogens is 2. The summed E-state index contributed by atoms with van der Waals surface area (Å²) >= 11 is 0. The maximum Gasteiger partial charge on any atom is 0.416 e. The van der Waals surface area contributed by atoms with Crippen molar-refractivity contribution in [2.45, 2.75) is 12.7 Å². The van der Waals surface area contributed by atoms with Gasteiger partial charge in [0, 0.05) is 18.2 Å². The van der Waals surface area contributed by atoms with Crippen LogP contribution in [0, 0.1) is 0 Å². The number of hydrogen-bond donors (Lipinski definition) is 0. The summed E-state index contributed by atoms with van der Waals surface area (Å²) in [6, 6.07) is 20.5. The second-order valence-corrected chi connectivity index (χ2v) is 6.44. The van der Waals surface area contributed by atoms with E-state index in [2.05, 4.69) is 4.98 Å². The average Bonchev–Trinajstić information content (AvgIpc) is 3.06. The second kappa shape index (κ2) is 7.03. The molecule has 28 heavy (non-hydrogen) atoms. The Kier molecular flexibility index (Phi) is 4.55. The molecule has 0 spiro atoms. The molecule has 0 N–H and O–H groups in total. The van der Waals surface area contributed by atoms with Crippen molar-refractivity contribution >= 4 is 11.0 Å². The average molecular weight is 382 g/mol. The molecule has 0 saturated heterocycles. The molecule has 4 aromatic rings. The molecule has 0 bridgehead atoms. The monoisotopic (exact) mass is 382 g/mol. The Morgan fingerprint density at radius 1 is 0.929 bits per heavy atom. The number of rotatable bonds is 4. The summed E-state index contributed by atoms with van der Waals surface area (Å²) in [5.41, 5.74) is 2.63. The van der Waals surface area contributed by atoms with Gasteiger partial charge < -0.3 is 9.30 Å². The quantitative estimate of drug-likeness (QED) is 0.447. The van der Waals surface area contributed by atoms with Crippen molar-refractivity contribution < 1.29 is 17.9 Å². The number of imidazole rings is 1. The molecule has 0 unspecified atom stereocenters. The van der Waals surface area contributed by atoms with Crippen LogP contribution in [-0.2, 0) is 12.7 Å². The van der Waals surface area contributed by atoms with E-state index in [9.17, 15) is 13.2 Å². The molecule has 0 aliphatic carbocycles. The van der Waals surface area contributed by atoms with Crippen LogP contribution in [0.2, 0.25) is 0 Å². The third kappa shape index (κ3) is 3.45. The van der Waals surface area contributed by atoms with Gasteiger partial charge in [-0.2, -0.15) is 13.2 Å². The summed E-state index contributed by atoms with van der Waals surface area (Å²) in [5.74, 6) is 1.31. The van der Waals surface area contributed by atoms with Crippen LogP contribution in [0.15, 0.2) is 72.8 Å². The SMILES string of the molecule is COc1ccc2nc(-c3ccc(C(F)(F)F)cc3)n(Cc3ccccc3)c2c1. The maximum atomic E-state index is 12.9. The van der Waals surface area contributed by atoms with Gasteiger partial charge in [-0.15, -0.1) is 0 Å². The third-order valence-corrected chi connectivity index (χ3v) is 4.61. The summed E-state index contributed by atoms with van der Waals surface area (Å²) in [6.45, 7) is 0.543. The Balaban J connectivity index is 1.86. The van der Waals surface area contributed by atoms with Crippen molar-refractivity contribution in [3.63, 3.8) is 0 Å². The summed E-state index contributed by atoms with van der Waals surface area (Å²) in [5, 5.41) is 0. The van der Waals surface area contributed by atoms with Crippen LogP contribution in [0.25, 0.3) is 22.4 Å². The van der Waals surface area contributed by atoms with E-state index < -0.39 is 11.7 Å². The van der Waals surface area contributed by atoms with E-state index in [1.165, 1.54) is 12.1 Å². The van der Waals surface area contributed by atoms with Gasteiger partial charge >= 0.3 is 6.18 Å². The van der Waals surface area contributed by atoms with E-state index >= 15 is 0 Å². The predicted octanol–water partition coefficient (Wildman–Crippen LogP) is 5.78. The molecule has 0 radical (unpaired) electrons. The van der Waals surface area contributed by atoms with Crippen LogP contribution < -0.4 is 4.74 Å². The number of halogens is 3. The zero-order valence-corrected chi connectivity index (χ0v) is 15.1. The van der Waals surface area contributed by atoms with Crippen LogP contribution in [0.5, 0.6) is 5.75 Å². The molecule has 0 saturated carbocycles. The normalized spacial score (nSPS) is 11.7. The first-order chi connectivity index (χ1) is 13.5. The van der Waals surface area contributed by atoms with E-state index in [4.69, 9.17) is 4.74 Å². The minimum Gasteiger partial charge on any atom is -0.497 e. The Bertz CT molecular complexity index is 1100. The van der Waals surface area contributed by atoms with Gasteiger partial charge in [-0.1, -0.05) is 42.5 Å². The van der Waals surface area contributed by atoms with Gasteiger partial charge in [-0.05, 0) is 29.8 Å². The Morgan fingerprint density at radius 2 is 1.64 bits per heavy atom. The van der Waals surface area contributed by atoms with Gasteiger partial charge in [0.15, 0.2) is 0 Å². The topological polar surface area (TPSA) is 27.1 Å². The van der Waals surface area contributed by atoms with Crippen LogP contribution in [-0.4, -0.2) is 16.7 Å². The smallest absolute Gasteiger partial charge is 0.416 e. The summed E-state index contributed by atoms with van der Waals surface area (Å²) in [7, 11) is 1.59. The molecule has 6 heteroatoms. The number of nitrogens with zero attached hydrogens (tertiary/aromatic N) is 2. The molecule has 4 rings (SSSR count). The van der Waals surface area contributed by atoms with Crippen molar-refractivity contribution in [3.8, 4) is 17.1 Å². The maximum absolute atomic E-state index is 12.9. The van der Waals surface area contributed by atoms with E-state index in [1.807, 2.05) is 53.1 Å². The van der Waals surface area contributed by atoms with Crippen molar-refractivity contribution in [2.75, 3.05) is 7.11 Å². The molecule has 0 atom stereocenters. The summed E-state index contributed by atoms with van der Waals surface area (Å²) in [6.07, 6.45) is -4.37. The van der Waals surface area contributed by atoms with E-state index in [-0.39, 0.29) is 0 Å². The second-order valence-electron chi connectivity index (χ2n) is 6.44. The van der Waals surface area contributed by atoms with Gasteiger partial charge in [0.1, 0.15) is 11.6 Å². The first-order valence-corrected chi connectivity index (χ1v) is 8.71. The Hall–Kier alpha value is -3.28. The van der Waals surface area contributed by atoms with Gasteiger partial charge in [0.2, 0.25) is 0 Å². The molecular formula is C22H17F3N2O. The number of benzene rings is 3. The number of alkyl halides is 3. The molecule has 0 amide bonds.